The molecule has 1 amide bonds. The SMILES string of the molecule is Cc1ccc2nc(Cl)c(C3CC(c4ccco4)=NN3C(=O)CCC(=O)O)cc2c1. The van der Waals surface area contributed by atoms with E-state index in [4.69, 9.17) is 21.1 Å². The van der Waals surface area contributed by atoms with Gasteiger partial charge in [0.05, 0.1) is 24.2 Å². The number of hydrogen-bond donors (Lipinski definition) is 1. The zero-order valence-corrected chi connectivity index (χ0v) is 16.4. The van der Waals surface area contributed by atoms with Gasteiger partial charge >= 0.3 is 5.97 Å². The summed E-state index contributed by atoms with van der Waals surface area (Å²) in [6.07, 6.45) is 1.51. The third-order valence-electron chi connectivity index (χ3n) is 4.83. The summed E-state index contributed by atoms with van der Waals surface area (Å²) < 4.78 is 5.43. The van der Waals surface area contributed by atoms with E-state index >= 15 is 0 Å². The second-order valence-corrected chi connectivity index (χ2v) is 7.30. The van der Waals surface area contributed by atoms with Crippen molar-refractivity contribution < 1.29 is 19.1 Å². The molecule has 1 aromatic carbocycles. The van der Waals surface area contributed by atoms with E-state index in [1.807, 2.05) is 31.2 Å². The summed E-state index contributed by atoms with van der Waals surface area (Å²) in [5, 5.41) is 15.9. The first-order chi connectivity index (χ1) is 13.9. The molecule has 0 fully saturated rings. The molecule has 0 spiro atoms. The molecule has 4 rings (SSSR count). The fourth-order valence-corrected chi connectivity index (χ4v) is 3.70. The summed E-state index contributed by atoms with van der Waals surface area (Å²) in [7, 11) is 0. The molecule has 3 aromatic rings. The average Bonchev–Trinajstić information content (AvgIpc) is 3.35. The van der Waals surface area contributed by atoms with Crippen LogP contribution in [0.3, 0.4) is 0 Å². The van der Waals surface area contributed by atoms with Crippen LogP contribution in [0, 0.1) is 6.92 Å². The molecular weight excluding hydrogens is 394 g/mol. The normalized spacial score (nSPS) is 16.3. The van der Waals surface area contributed by atoms with Gasteiger partial charge in [-0.15, -0.1) is 0 Å². The molecule has 0 radical (unpaired) electrons. The van der Waals surface area contributed by atoms with Crippen molar-refractivity contribution in [2.45, 2.75) is 32.2 Å². The first-order valence-corrected chi connectivity index (χ1v) is 9.52. The van der Waals surface area contributed by atoms with Gasteiger partial charge in [0.2, 0.25) is 5.91 Å². The van der Waals surface area contributed by atoms with Crippen LogP contribution in [0.15, 0.2) is 52.2 Å². The van der Waals surface area contributed by atoms with E-state index in [2.05, 4.69) is 10.1 Å². The number of hydrazone groups is 1. The van der Waals surface area contributed by atoms with Gasteiger partial charge in [0.1, 0.15) is 16.6 Å². The number of halogens is 1. The molecule has 148 valence electrons. The molecular formula is C21H18ClN3O4. The quantitative estimate of drug-likeness (QED) is 0.630. The van der Waals surface area contributed by atoms with Crippen molar-refractivity contribution in [1.82, 2.24) is 9.99 Å². The molecule has 29 heavy (non-hydrogen) atoms. The van der Waals surface area contributed by atoms with Crippen molar-refractivity contribution in [2.24, 2.45) is 5.10 Å². The number of aryl methyl sites for hydroxylation is 1. The number of hydrogen-bond acceptors (Lipinski definition) is 5. The number of carbonyl (C=O) groups is 2. The zero-order valence-electron chi connectivity index (χ0n) is 15.6. The smallest absolute Gasteiger partial charge is 0.303 e. The third-order valence-corrected chi connectivity index (χ3v) is 5.14. The number of carboxylic acids is 1. The Kier molecular flexibility index (Phi) is 5.07. The molecule has 1 N–H and O–H groups in total. The van der Waals surface area contributed by atoms with Crippen LogP contribution in [0.4, 0.5) is 0 Å². The van der Waals surface area contributed by atoms with Gasteiger partial charge in [-0.3, -0.25) is 9.59 Å². The van der Waals surface area contributed by atoms with Crippen LogP contribution in [0.25, 0.3) is 10.9 Å². The number of pyridine rings is 1. The van der Waals surface area contributed by atoms with E-state index in [9.17, 15) is 9.59 Å². The second-order valence-electron chi connectivity index (χ2n) is 6.94. The molecule has 0 saturated carbocycles. The molecule has 1 aliphatic rings. The van der Waals surface area contributed by atoms with E-state index in [-0.39, 0.29) is 18.7 Å². The number of amides is 1. The molecule has 0 bridgehead atoms. The highest BCUT2D eigenvalue weighted by atomic mass is 35.5. The third kappa shape index (κ3) is 3.86. The molecule has 2 aromatic heterocycles. The molecule has 7 nitrogen and oxygen atoms in total. The minimum absolute atomic E-state index is 0.154. The lowest BCUT2D eigenvalue weighted by Crippen LogP contribution is -2.27. The van der Waals surface area contributed by atoms with Crippen LogP contribution < -0.4 is 0 Å². The van der Waals surface area contributed by atoms with Crippen molar-refractivity contribution in [3.8, 4) is 0 Å². The zero-order chi connectivity index (χ0) is 20.5. The largest absolute Gasteiger partial charge is 0.481 e. The van der Waals surface area contributed by atoms with Gasteiger partial charge in [-0.25, -0.2) is 9.99 Å². The minimum Gasteiger partial charge on any atom is -0.481 e. The van der Waals surface area contributed by atoms with E-state index in [1.165, 1.54) is 11.3 Å². The van der Waals surface area contributed by atoms with Gasteiger partial charge in [-0.1, -0.05) is 23.2 Å². The highest BCUT2D eigenvalue weighted by Crippen LogP contribution is 2.37. The summed E-state index contributed by atoms with van der Waals surface area (Å²) in [6.45, 7) is 1.99. The van der Waals surface area contributed by atoms with Crippen molar-refractivity contribution >= 4 is 40.1 Å². The number of carboxylic acid groups (broad SMARTS) is 1. The second kappa shape index (κ2) is 7.67. The average molecular weight is 412 g/mol. The number of rotatable bonds is 5. The van der Waals surface area contributed by atoms with Gasteiger partial charge in [0.15, 0.2) is 0 Å². The van der Waals surface area contributed by atoms with E-state index in [1.54, 1.807) is 12.1 Å². The van der Waals surface area contributed by atoms with Crippen LogP contribution in [0.2, 0.25) is 5.15 Å². The lowest BCUT2D eigenvalue weighted by atomic mass is 10.00. The molecule has 0 aliphatic carbocycles. The number of benzene rings is 1. The topological polar surface area (TPSA) is 96.0 Å². The van der Waals surface area contributed by atoms with E-state index in [0.29, 0.717) is 28.6 Å². The number of nitrogens with zero attached hydrogens (tertiary/aromatic N) is 3. The first-order valence-electron chi connectivity index (χ1n) is 9.14. The number of aliphatic carboxylic acids is 1. The van der Waals surface area contributed by atoms with Crippen LogP contribution in [-0.2, 0) is 9.59 Å². The van der Waals surface area contributed by atoms with Crippen molar-refractivity contribution in [3.63, 3.8) is 0 Å². The molecule has 8 heteroatoms. The highest BCUT2D eigenvalue weighted by Gasteiger charge is 2.35. The van der Waals surface area contributed by atoms with Gasteiger partial charge < -0.3 is 9.52 Å². The summed E-state index contributed by atoms with van der Waals surface area (Å²) in [4.78, 5) is 28.1. The molecule has 3 heterocycles. The van der Waals surface area contributed by atoms with Crippen LogP contribution in [0.1, 0.15) is 42.2 Å². The Morgan fingerprint density at radius 2 is 2.10 bits per heavy atom. The monoisotopic (exact) mass is 411 g/mol. The molecule has 1 aliphatic heterocycles. The summed E-state index contributed by atoms with van der Waals surface area (Å²) in [5.74, 6) is -0.867. The van der Waals surface area contributed by atoms with Crippen molar-refractivity contribution in [3.05, 3.63) is 64.7 Å². The predicted octanol–water partition coefficient (Wildman–Crippen LogP) is 4.33. The van der Waals surface area contributed by atoms with Gasteiger partial charge in [-0.05, 0) is 37.3 Å². The maximum Gasteiger partial charge on any atom is 0.303 e. The summed E-state index contributed by atoms with van der Waals surface area (Å²) in [6, 6.07) is 10.8. The van der Waals surface area contributed by atoms with Crippen LogP contribution in [-0.4, -0.2) is 32.7 Å². The fraction of sp³-hybridized carbons (Fsp3) is 0.238. The Morgan fingerprint density at radius 3 is 2.83 bits per heavy atom. The van der Waals surface area contributed by atoms with Gasteiger partial charge in [0.25, 0.3) is 0 Å². The summed E-state index contributed by atoms with van der Waals surface area (Å²) >= 11 is 6.48. The standard InChI is InChI=1S/C21H18ClN3O4/c1-12-4-5-15-13(9-12)10-14(21(22)23-15)17-11-16(18-3-2-8-29-18)24-25(17)19(26)6-7-20(27)28/h2-5,8-10,17H,6-7,11H2,1H3,(H,27,28). The first kappa shape index (κ1) is 19.1. The lowest BCUT2D eigenvalue weighted by Gasteiger charge is -2.22. The van der Waals surface area contributed by atoms with Gasteiger partial charge in [-0.2, -0.15) is 5.10 Å². The lowest BCUT2D eigenvalue weighted by molar-refractivity contribution is -0.141. The Labute approximate surface area is 171 Å². The highest BCUT2D eigenvalue weighted by molar-refractivity contribution is 6.30. The number of carbonyl (C=O) groups excluding carboxylic acids is 1. The van der Waals surface area contributed by atoms with Crippen molar-refractivity contribution in [2.75, 3.05) is 0 Å². The Hall–Kier alpha value is -3.19. The number of furan rings is 1. The van der Waals surface area contributed by atoms with E-state index < -0.39 is 12.0 Å². The summed E-state index contributed by atoms with van der Waals surface area (Å²) in [5.41, 5.74) is 3.11. The molecule has 1 unspecified atom stereocenters. The fourth-order valence-electron chi connectivity index (χ4n) is 3.42. The predicted molar refractivity (Wildman–Crippen MR) is 108 cm³/mol. The van der Waals surface area contributed by atoms with Crippen LogP contribution >= 0.6 is 11.6 Å². The Balaban J connectivity index is 1.74. The minimum atomic E-state index is -1.04. The Morgan fingerprint density at radius 1 is 1.28 bits per heavy atom. The maximum absolute atomic E-state index is 12.7. The van der Waals surface area contributed by atoms with Crippen molar-refractivity contribution in [1.29, 1.82) is 0 Å². The van der Waals surface area contributed by atoms with Gasteiger partial charge in [0, 0.05) is 23.8 Å². The molecule has 1 atom stereocenters. The molecule has 0 saturated heterocycles. The maximum atomic E-state index is 12.7. The van der Waals surface area contributed by atoms with Crippen LogP contribution in [0.5, 0.6) is 0 Å². The van der Waals surface area contributed by atoms with E-state index in [0.717, 1.165) is 16.5 Å². The number of fused-ring (bicyclic) bond motifs is 1. The number of aromatic nitrogens is 1. The Bertz CT molecular complexity index is 1120.